The van der Waals surface area contributed by atoms with E-state index in [2.05, 4.69) is 26.1 Å². The summed E-state index contributed by atoms with van der Waals surface area (Å²) >= 11 is 1.76. The number of hydrogen-bond donors (Lipinski definition) is 1. The Morgan fingerprint density at radius 2 is 2.05 bits per heavy atom. The lowest BCUT2D eigenvalue weighted by molar-refractivity contribution is 0.368. The summed E-state index contributed by atoms with van der Waals surface area (Å²) < 4.78 is 13.2. The molecule has 1 rings (SSSR count). The highest BCUT2D eigenvalue weighted by Crippen LogP contribution is 2.24. The minimum absolute atomic E-state index is 0.144. The number of thioether (sulfide) groups is 1. The summed E-state index contributed by atoms with van der Waals surface area (Å²) in [6.07, 6.45) is 6.42. The lowest BCUT2D eigenvalue weighted by atomic mass is 9.92. The van der Waals surface area contributed by atoms with Crippen LogP contribution in [0.4, 0.5) is 4.39 Å². The van der Waals surface area contributed by atoms with Crippen molar-refractivity contribution in [2.24, 2.45) is 5.92 Å². The third kappa shape index (κ3) is 7.87. The minimum Gasteiger partial charge on any atom is -0.313 e. The van der Waals surface area contributed by atoms with Gasteiger partial charge in [-0.3, -0.25) is 0 Å². The second-order valence-corrected chi connectivity index (χ2v) is 6.77. The molecular formula is C18H30FNS. The maximum atomic E-state index is 13.2. The molecule has 0 bridgehead atoms. The van der Waals surface area contributed by atoms with Gasteiger partial charge in [0.2, 0.25) is 0 Å². The fourth-order valence-corrected chi connectivity index (χ4v) is 3.65. The normalized spacial score (nSPS) is 14.1. The van der Waals surface area contributed by atoms with Crippen LogP contribution in [0.25, 0.3) is 0 Å². The fraction of sp³-hybridized carbons (Fsp3) is 0.667. The molecule has 0 aliphatic rings. The predicted octanol–water partition coefficient (Wildman–Crippen LogP) is 5.50. The molecule has 0 aromatic heterocycles. The first-order valence-electron chi connectivity index (χ1n) is 8.31. The van der Waals surface area contributed by atoms with Crippen molar-refractivity contribution in [3.05, 3.63) is 30.1 Å². The second kappa shape index (κ2) is 11.1. The van der Waals surface area contributed by atoms with E-state index in [1.54, 1.807) is 23.9 Å². The number of nitrogens with one attached hydrogen (secondary N) is 1. The largest absolute Gasteiger partial charge is 0.313 e. The molecular weight excluding hydrogens is 281 g/mol. The van der Waals surface area contributed by atoms with Crippen molar-refractivity contribution in [3.63, 3.8) is 0 Å². The molecule has 1 nitrogen and oxygen atoms in total. The number of unbranched alkanes of at least 4 members (excludes halogenated alkanes) is 1. The molecule has 0 fully saturated rings. The molecule has 0 saturated heterocycles. The minimum atomic E-state index is -0.144. The molecule has 3 heteroatoms. The van der Waals surface area contributed by atoms with E-state index in [9.17, 15) is 4.39 Å². The summed E-state index contributed by atoms with van der Waals surface area (Å²) in [6, 6.07) is 7.43. The SMILES string of the molecule is CCCCC(CC)CC(CSc1cccc(F)c1)NCC. The Morgan fingerprint density at radius 1 is 1.24 bits per heavy atom. The zero-order valence-corrected chi connectivity index (χ0v) is 14.5. The van der Waals surface area contributed by atoms with E-state index in [1.165, 1.54) is 38.2 Å². The van der Waals surface area contributed by atoms with Gasteiger partial charge in [-0.05, 0) is 37.1 Å². The van der Waals surface area contributed by atoms with Crippen LogP contribution in [0.2, 0.25) is 0 Å². The van der Waals surface area contributed by atoms with E-state index in [-0.39, 0.29) is 5.82 Å². The van der Waals surface area contributed by atoms with Gasteiger partial charge in [-0.15, -0.1) is 11.8 Å². The molecule has 0 saturated carbocycles. The Balaban J connectivity index is 2.48. The first-order chi connectivity index (χ1) is 10.2. The third-order valence-corrected chi connectivity index (χ3v) is 5.06. The number of rotatable bonds is 11. The zero-order valence-electron chi connectivity index (χ0n) is 13.7. The van der Waals surface area contributed by atoms with Crippen LogP contribution in [-0.2, 0) is 0 Å². The first kappa shape index (κ1) is 18.5. The van der Waals surface area contributed by atoms with Gasteiger partial charge in [-0.1, -0.05) is 52.5 Å². The Labute approximate surface area is 134 Å². The van der Waals surface area contributed by atoms with Gasteiger partial charge in [0.1, 0.15) is 5.82 Å². The average molecular weight is 312 g/mol. The average Bonchev–Trinajstić information content (AvgIpc) is 2.49. The van der Waals surface area contributed by atoms with Crippen LogP contribution in [0, 0.1) is 11.7 Å². The van der Waals surface area contributed by atoms with Gasteiger partial charge < -0.3 is 5.32 Å². The molecule has 2 atom stereocenters. The van der Waals surface area contributed by atoms with Crippen LogP contribution >= 0.6 is 11.8 Å². The molecule has 0 spiro atoms. The van der Waals surface area contributed by atoms with E-state index in [0.29, 0.717) is 6.04 Å². The Morgan fingerprint density at radius 3 is 2.67 bits per heavy atom. The van der Waals surface area contributed by atoms with Gasteiger partial charge in [-0.2, -0.15) is 0 Å². The third-order valence-electron chi connectivity index (χ3n) is 3.90. The van der Waals surface area contributed by atoms with Crippen molar-refractivity contribution in [1.82, 2.24) is 5.32 Å². The number of benzene rings is 1. The topological polar surface area (TPSA) is 12.0 Å². The Bertz CT molecular complexity index is 383. The van der Waals surface area contributed by atoms with E-state index < -0.39 is 0 Å². The van der Waals surface area contributed by atoms with E-state index in [0.717, 1.165) is 23.1 Å². The number of hydrogen-bond acceptors (Lipinski definition) is 2. The molecule has 1 aromatic carbocycles. The Hall–Kier alpha value is -0.540. The van der Waals surface area contributed by atoms with E-state index in [4.69, 9.17) is 0 Å². The summed E-state index contributed by atoms with van der Waals surface area (Å²) in [5.74, 6) is 1.68. The standard InChI is InChI=1S/C18H30FNS/c1-4-7-9-15(5-2)12-17(20-6-3)14-21-18-11-8-10-16(19)13-18/h8,10-11,13,15,17,20H,4-7,9,12,14H2,1-3H3. The molecule has 0 heterocycles. The van der Waals surface area contributed by atoms with Gasteiger partial charge in [0, 0.05) is 16.7 Å². The highest BCUT2D eigenvalue weighted by molar-refractivity contribution is 7.99. The van der Waals surface area contributed by atoms with Crippen molar-refractivity contribution < 1.29 is 4.39 Å². The van der Waals surface area contributed by atoms with Gasteiger partial charge in [0.25, 0.3) is 0 Å². The second-order valence-electron chi connectivity index (χ2n) is 5.68. The van der Waals surface area contributed by atoms with E-state index >= 15 is 0 Å². The predicted molar refractivity (Wildman–Crippen MR) is 92.5 cm³/mol. The quantitative estimate of drug-likeness (QED) is 0.541. The zero-order chi connectivity index (χ0) is 15.5. The van der Waals surface area contributed by atoms with Crippen LogP contribution in [0.15, 0.2) is 29.2 Å². The lowest BCUT2D eigenvalue weighted by Crippen LogP contribution is -2.33. The number of halogens is 1. The van der Waals surface area contributed by atoms with Gasteiger partial charge in [-0.25, -0.2) is 4.39 Å². The van der Waals surface area contributed by atoms with Gasteiger partial charge in [0.05, 0.1) is 0 Å². The van der Waals surface area contributed by atoms with Crippen molar-refractivity contribution in [3.8, 4) is 0 Å². The molecule has 21 heavy (non-hydrogen) atoms. The molecule has 1 aromatic rings. The molecule has 1 N–H and O–H groups in total. The fourth-order valence-electron chi connectivity index (χ4n) is 2.64. The maximum Gasteiger partial charge on any atom is 0.124 e. The molecule has 120 valence electrons. The summed E-state index contributed by atoms with van der Waals surface area (Å²) in [4.78, 5) is 1.03. The Kier molecular flexibility index (Phi) is 9.77. The van der Waals surface area contributed by atoms with Crippen LogP contribution in [0.1, 0.15) is 52.9 Å². The van der Waals surface area contributed by atoms with E-state index in [1.807, 2.05) is 6.07 Å². The van der Waals surface area contributed by atoms with Crippen molar-refractivity contribution >= 4 is 11.8 Å². The highest BCUT2D eigenvalue weighted by Gasteiger charge is 2.15. The van der Waals surface area contributed by atoms with Crippen LogP contribution in [0.5, 0.6) is 0 Å². The smallest absolute Gasteiger partial charge is 0.124 e. The first-order valence-corrected chi connectivity index (χ1v) is 9.29. The van der Waals surface area contributed by atoms with Crippen LogP contribution in [0.3, 0.4) is 0 Å². The van der Waals surface area contributed by atoms with Crippen LogP contribution < -0.4 is 5.32 Å². The molecule has 0 aliphatic carbocycles. The van der Waals surface area contributed by atoms with Gasteiger partial charge in [0.15, 0.2) is 0 Å². The lowest BCUT2D eigenvalue weighted by Gasteiger charge is -2.23. The summed E-state index contributed by atoms with van der Waals surface area (Å²) in [7, 11) is 0. The molecule has 0 aliphatic heterocycles. The molecule has 2 unspecified atom stereocenters. The summed E-state index contributed by atoms with van der Waals surface area (Å²) in [6.45, 7) is 7.71. The van der Waals surface area contributed by atoms with Crippen molar-refractivity contribution in [2.75, 3.05) is 12.3 Å². The van der Waals surface area contributed by atoms with Crippen molar-refractivity contribution in [2.45, 2.75) is 63.8 Å². The summed E-state index contributed by atoms with van der Waals surface area (Å²) in [5, 5.41) is 3.59. The van der Waals surface area contributed by atoms with Gasteiger partial charge >= 0.3 is 0 Å². The maximum absolute atomic E-state index is 13.2. The highest BCUT2D eigenvalue weighted by atomic mass is 32.2. The monoisotopic (exact) mass is 311 g/mol. The summed E-state index contributed by atoms with van der Waals surface area (Å²) in [5.41, 5.74) is 0. The molecule has 0 amide bonds. The van der Waals surface area contributed by atoms with Crippen molar-refractivity contribution in [1.29, 1.82) is 0 Å². The molecule has 0 radical (unpaired) electrons. The van der Waals surface area contributed by atoms with Crippen LogP contribution in [-0.4, -0.2) is 18.3 Å².